The number of amides is 1. The summed E-state index contributed by atoms with van der Waals surface area (Å²) >= 11 is 0. The van der Waals surface area contributed by atoms with Gasteiger partial charge in [-0.1, -0.05) is 18.2 Å². The number of nitrogens with one attached hydrogen (secondary N) is 1. The third-order valence-electron chi connectivity index (χ3n) is 6.52. The van der Waals surface area contributed by atoms with Crippen LogP contribution in [0.1, 0.15) is 52.5 Å². The highest BCUT2D eigenvalue weighted by atomic mass is 32.2. The summed E-state index contributed by atoms with van der Waals surface area (Å²) in [7, 11) is -3.37. The van der Waals surface area contributed by atoms with E-state index < -0.39 is 39.0 Å². The molecule has 1 heterocycles. The van der Waals surface area contributed by atoms with Gasteiger partial charge in [0.1, 0.15) is 5.56 Å². The minimum absolute atomic E-state index is 0.0482. The van der Waals surface area contributed by atoms with Gasteiger partial charge in [0.2, 0.25) is 0 Å². The summed E-state index contributed by atoms with van der Waals surface area (Å²) in [6.07, 6.45) is -1.00. The van der Waals surface area contributed by atoms with E-state index >= 15 is 0 Å². The molecule has 1 saturated carbocycles. The average Bonchev–Trinajstić information content (AvgIpc) is 3.78. The predicted octanol–water partition coefficient (Wildman–Crippen LogP) is 4.61. The number of carbonyl (C=O) groups is 2. The van der Waals surface area contributed by atoms with E-state index in [1.165, 1.54) is 37.3 Å². The van der Waals surface area contributed by atoms with Crippen molar-refractivity contribution in [1.29, 1.82) is 0 Å². The topological polar surface area (TPSA) is 112 Å². The van der Waals surface area contributed by atoms with E-state index in [2.05, 4.69) is 5.32 Å². The van der Waals surface area contributed by atoms with Gasteiger partial charge in [-0.05, 0) is 80.3 Å². The van der Waals surface area contributed by atoms with Crippen LogP contribution in [0.2, 0.25) is 0 Å². The molecule has 8 nitrogen and oxygen atoms in total. The first-order valence-electron chi connectivity index (χ1n) is 12.7. The molecule has 4 rings (SSSR count). The Hall–Kier alpha value is -4.19. The van der Waals surface area contributed by atoms with Gasteiger partial charge >= 0.3 is 12.1 Å². The van der Waals surface area contributed by atoms with Gasteiger partial charge in [0.25, 0.3) is 11.5 Å². The van der Waals surface area contributed by atoms with Crippen LogP contribution in [0.15, 0.2) is 70.4 Å². The number of aromatic nitrogens is 1. The molecule has 0 aliphatic heterocycles. The van der Waals surface area contributed by atoms with Crippen LogP contribution in [0.4, 0.5) is 13.2 Å². The molecule has 0 bridgehead atoms. The number of nitrogens with zero attached hydrogens (tertiary/aromatic N) is 1. The fourth-order valence-corrected chi connectivity index (χ4v) is 5.84. The van der Waals surface area contributed by atoms with Gasteiger partial charge in [0, 0.05) is 24.0 Å². The molecule has 216 valence electrons. The first kappa shape index (κ1) is 29.8. The molecule has 1 fully saturated rings. The van der Waals surface area contributed by atoms with E-state index in [0.29, 0.717) is 18.4 Å². The maximum Gasteiger partial charge on any atom is 0.416 e. The number of rotatable bonds is 9. The van der Waals surface area contributed by atoms with Crippen molar-refractivity contribution < 1.29 is 35.9 Å². The maximum atomic E-state index is 13.5. The van der Waals surface area contributed by atoms with E-state index in [9.17, 15) is 36.0 Å². The fourth-order valence-electron chi connectivity index (χ4n) is 4.18. The largest absolute Gasteiger partial charge is 0.463 e. The third-order valence-corrected chi connectivity index (χ3v) is 8.79. The van der Waals surface area contributed by atoms with E-state index in [1.807, 2.05) is 0 Å². The second kappa shape index (κ2) is 11.7. The number of alkyl halides is 3. The molecule has 1 aliphatic rings. The first-order chi connectivity index (χ1) is 19.3. The molecule has 1 amide bonds. The van der Waals surface area contributed by atoms with Crippen LogP contribution < -0.4 is 10.9 Å². The zero-order valence-electron chi connectivity index (χ0n) is 22.2. The molecular formula is C29H27F3N2O6S. The molecule has 0 atom stereocenters. The Balaban J connectivity index is 1.68. The van der Waals surface area contributed by atoms with Crippen LogP contribution >= 0.6 is 0 Å². The Morgan fingerprint density at radius 1 is 1.10 bits per heavy atom. The van der Waals surface area contributed by atoms with Gasteiger partial charge in [-0.15, -0.1) is 0 Å². The van der Waals surface area contributed by atoms with Crippen molar-refractivity contribution >= 4 is 27.8 Å². The van der Waals surface area contributed by atoms with Gasteiger partial charge in [-0.25, -0.2) is 13.2 Å². The van der Waals surface area contributed by atoms with Gasteiger partial charge in [-0.2, -0.15) is 13.2 Å². The number of carbonyl (C=O) groups excluding carboxylic acids is 2. The summed E-state index contributed by atoms with van der Waals surface area (Å²) in [6.45, 7) is 3.17. The van der Waals surface area contributed by atoms with Crippen LogP contribution in [0.3, 0.4) is 0 Å². The lowest BCUT2D eigenvalue weighted by molar-refractivity contribution is -0.138. The van der Waals surface area contributed by atoms with Crippen LogP contribution in [0.25, 0.3) is 11.8 Å². The van der Waals surface area contributed by atoms with Crippen molar-refractivity contribution in [3.05, 3.63) is 99.0 Å². The minimum atomic E-state index is -4.66. The zero-order valence-corrected chi connectivity index (χ0v) is 23.0. The molecule has 1 aromatic heterocycles. The number of halogens is 3. The minimum Gasteiger partial charge on any atom is -0.463 e. The monoisotopic (exact) mass is 588 g/mol. The Labute approximate surface area is 234 Å². The van der Waals surface area contributed by atoms with Crippen LogP contribution in [-0.2, 0) is 32.1 Å². The van der Waals surface area contributed by atoms with Crippen molar-refractivity contribution in [1.82, 2.24) is 9.88 Å². The Morgan fingerprint density at radius 3 is 2.39 bits per heavy atom. The van der Waals surface area contributed by atoms with Gasteiger partial charge < -0.3 is 10.1 Å². The summed E-state index contributed by atoms with van der Waals surface area (Å²) in [4.78, 5) is 38.7. The summed E-state index contributed by atoms with van der Waals surface area (Å²) in [6, 6.07) is 11.4. The first-order valence-corrected chi connectivity index (χ1v) is 14.3. The molecule has 1 aliphatic carbocycles. The number of benzene rings is 2. The standard InChI is InChI=1S/C29H27F3N2O6S/c1-3-40-26(35)14-9-20-15-25(28(37)34(18(20)2)22-6-4-5-21(16-22)29(30,31)32)27(36)33-17-19-7-10-23(11-8-19)41(38,39)24-12-13-24/h4-11,14-16,24H,3,12-13,17H2,1-2H3,(H,33,36). The van der Waals surface area contributed by atoms with E-state index in [1.54, 1.807) is 19.1 Å². The van der Waals surface area contributed by atoms with Gasteiger partial charge in [-0.3, -0.25) is 14.2 Å². The van der Waals surface area contributed by atoms with Crippen LogP contribution in [0.5, 0.6) is 0 Å². The smallest absolute Gasteiger partial charge is 0.416 e. The van der Waals surface area contributed by atoms with Gasteiger partial charge in [0.05, 0.1) is 22.3 Å². The van der Waals surface area contributed by atoms with Crippen molar-refractivity contribution in [2.75, 3.05) is 6.61 Å². The van der Waals surface area contributed by atoms with Crippen LogP contribution in [0, 0.1) is 6.92 Å². The van der Waals surface area contributed by atoms with E-state index in [-0.39, 0.29) is 45.8 Å². The average molecular weight is 589 g/mol. The van der Waals surface area contributed by atoms with Gasteiger partial charge in [0.15, 0.2) is 9.84 Å². The summed E-state index contributed by atoms with van der Waals surface area (Å²) < 4.78 is 70.9. The Morgan fingerprint density at radius 2 is 1.78 bits per heavy atom. The summed E-state index contributed by atoms with van der Waals surface area (Å²) in [5.74, 6) is -1.49. The second-order valence-electron chi connectivity index (χ2n) is 9.44. The highest BCUT2D eigenvalue weighted by Gasteiger charge is 2.36. The molecule has 0 unspecified atom stereocenters. The van der Waals surface area contributed by atoms with Crippen LogP contribution in [-0.4, -0.2) is 36.7 Å². The molecule has 0 spiro atoms. The molecule has 1 N–H and O–H groups in total. The van der Waals surface area contributed by atoms with Crippen molar-refractivity contribution in [2.45, 2.75) is 49.6 Å². The van der Waals surface area contributed by atoms with Crippen molar-refractivity contribution in [3.8, 4) is 5.69 Å². The summed E-state index contributed by atoms with van der Waals surface area (Å²) in [5, 5.41) is 2.24. The SMILES string of the molecule is CCOC(=O)C=Cc1cc(C(=O)NCc2ccc(S(=O)(=O)C3CC3)cc2)c(=O)n(-c2cccc(C(F)(F)F)c2)c1C. The number of esters is 1. The third kappa shape index (κ3) is 6.76. The normalized spacial score (nSPS) is 13.8. The number of pyridine rings is 1. The molecule has 12 heteroatoms. The Bertz CT molecular complexity index is 1670. The maximum absolute atomic E-state index is 13.5. The number of hydrogen-bond donors (Lipinski definition) is 1. The lowest BCUT2D eigenvalue weighted by Gasteiger charge is -2.17. The molecule has 0 radical (unpaired) electrons. The molecule has 2 aromatic carbocycles. The van der Waals surface area contributed by atoms with E-state index in [0.717, 1.165) is 28.8 Å². The quantitative estimate of drug-likeness (QED) is 0.289. The highest BCUT2D eigenvalue weighted by molar-refractivity contribution is 7.92. The molecule has 41 heavy (non-hydrogen) atoms. The second-order valence-corrected chi connectivity index (χ2v) is 11.7. The highest BCUT2D eigenvalue weighted by Crippen LogP contribution is 2.33. The molecule has 3 aromatic rings. The number of sulfone groups is 1. The fraction of sp³-hybridized carbons (Fsp3) is 0.276. The van der Waals surface area contributed by atoms with Crippen molar-refractivity contribution in [2.24, 2.45) is 0 Å². The zero-order chi connectivity index (χ0) is 29.9. The lowest BCUT2D eigenvalue weighted by Crippen LogP contribution is -2.33. The van der Waals surface area contributed by atoms with E-state index in [4.69, 9.17) is 4.74 Å². The number of ether oxygens (including phenoxy) is 1. The summed E-state index contributed by atoms with van der Waals surface area (Å²) in [5.41, 5.74) is -1.33. The molecule has 0 saturated heterocycles. The van der Waals surface area contributed by atoms with Crippen molar-refractivity contribution in [3.63, 3.8) is 0 Å². The Kier molecular flexibility index (Phi) is 8.52. The lowest BCUT2D eigenvalue weighted by atomic mass is 10.1. The molecular weight excluding hydrogens is 561 g/mol. The number of hydrogen-bond acceptors (Lipinski definition) is 6. The predicted molar refractivity (Wildman–Crippen MR) is 145 cm³/mol.